The van der Waals surface area contributed by atoms with Crippen molar-refractivity contribution >= 4 is 29.8 Å². The number of aromatic nitrogens is 2. The Balaban J connectivity index is 2.07. The molecule has 1 heterocycles. The van der Waals surface area contributed by atoms with Crippen LogP contribution in [-0.2, 0) is 19.1 Å². The summed E-state index contributed by atoms with van der Waals surface area (Å²) in [6.07, 6.45) is 3.29. The molecule has 0 aliphatic carbocycles. The molecule has 0 aliphatic heterocycles. The highest BCUT2D eigenvalue weighted by atomic mass is 16.5. The van der Waals surface area contributed by atoms with E-state index in [0.717, 1.165) is 0 Å². The van der Waals surface area contributed by atoms with E-state index in [2.05, 4.69) is 20.6 Å². The van der Waals surface area contributed by atoms with Gasteiger partial charge in [0.1, 0.15) is 5.70 Å². The van der Waals surface area contributed by atoms with Crippen LogP contribution in [0.15, 0.2) is 54.5 Å². The summed E-state index contributed by atoms with van der Waals surface area (Å²) in [5, 5.41) is 4.84. The van der Waals surface area contributed by atoms with E-state index in [1.807, 2.05) is 6.07 Å². The summed E-state index contributed by atoms with van der Waals surface area (Å²) in [7, 11) is 0. The van der Waals surface area contributed by atoms with Crippen LogP contribution < -0.4 is 10.6 Å². The molecule has 0 saturated heterocycles. The highest BCUT2D eigenvalue weighted by molar-refractivity contribution is 6.00. The second kappa shape index (κ2) is 9.07. The van der Waals surface area contributed by atoms with Crippen LogP contribution in [0.4, 0.5) is 5.95 Å². The van der Waals surface area contributed by atoms with Crippen molar-refractivity contribution in [1.29, 1.82) is 0 Å². The molecule has 134 valence electrons. The molecule has 0 saturated carbocycles. The van der Waals surface area contributed by atoms with Crippen LogP contribution in [0, 0.1) is 0 Å². The largest absolute Gasteiger partial charge is 0.448 e. The van der Waals surface area contributed by atoms with Crippen LogP contribution >= 0.6 is 0 Å². The van der Waals surface area contributed by atoms with Crippen LogP contribution in [-0.4, -0.2) is 33.9 Å². The lowest BCUT2D eigenvalue weighted by Crippen LogP contribution is -2.34. The predicted octanol–water partition coefficient (Wildman–Crippen LogP) is 1.52. The molecule has 0 radical (unpaired) electrons. The zero-order chi connectivity index (χ0) is 18.9. The molecule has 8 heteroatoms. The zero-order valence-electron chi connectivity index (χ0n) is 14.3. The minimum atomic E-state index is -1.11. The summed E-state index contributed by atoms with van der Waals surface area (Å²) in [5.41, 5.74) is 0.627. The molecule has 2 amide bonds. The number of anilines is 1. The maximum atomic E-state index is 12.3. The lowest BCUT2D eigenvalue weighted by molar-refractivity contribution is -0.149. The zero-order valence-corrected chi connectivity index (χ0v) is 14.3. The van der Waals surface area contributed by atoms with E-state index >= 15 is 0 Å². The number of nitrogens with one attached hydrogen (secondary N) is 2. The second-order valence-corrected chi connectivity index (χ2v) is 5.26. The third-order valence-corrected chi connectivity index (χ3v) is 3.10. The second-order valence-electron chi connectivity index (χ2n) is 5.26. The smallest absolute Gasteiger partial charge is 0.355 e. The molecule has 1 atom stereocenters. The normalized spacial score (nSPS) is 12.0. The Hall–Kier alpha value is -3.55. The van der Waals surface area contributed by atoms with Crippen LogP contribution in [0.5, 0.6) is 0 Å². The van der Waals surface area contributed by atoms with Crippen LogP contribution in [0.3, 0.4) is 0 Å². The van der Waals surface area contributed by atoms with Gasteiger partial charge in [0.25, 0.3) is 5.91 Å². The van der Waals surface area contributed by atoms with Gasteiger partial charge in [-0.05, 0) is 24.6 Å². The van der Waals surface area contributed by atoms with E-state index in [4.69, 9.17) is 4.74 Å². The van der Waals surface area contributed by atoms with Gasteiger partial charge in [-0.3, -0.25) is 14.9 Å². The van der Waals surface area contributed by atoms with Gasteiger partial charge >= 0.3 is 5.97 Å². The third kappa shape index (κ3) is 5.82. The Morgan fingerprint density at radius 2 is 1.73 bits per heavy atom. The molecule has 26 heavy (non-hydrogen) atoms. The molecule has 2 N–H and O–H groups in total. The van der Waals surface area contributed by atoms with Crippen molar-refractivity contribution in [3.05, 3.63) is 60.1 Å². The minimum Gasteiger partial charge on any atom is -0.448 e. The average molecular weight is 354 g/mol. The van der Waals surface area contributed by atoms with Gasteiger partial charge in [0.2, 0.25) is 11.9 Å². The highest BCUT2D eigenvalue weighted by Gasteiger charge is 2.21. The summed E-state index contributed by atoms with van der Waals surface area (Å²) in [6.45, 7) is 2.68. The van der Waals surface area contributed by atoms with Crippen molar-refractivity contribution < 1.29 is 19.1 Å². The lowest BCUT2D eigenvalue weighted by Gasteiger charge is -2.14. The summed E-state index contributed by atoms with van der Waals surface area (Å²) >= 11 is 0. The first-order valence-electron chi connectivity index (χ1n) is 7.79. The van der Waals surface area contributed by atoms with E-state index in [1.54, 1.807) is 30.3 Å². The third-order valence-electron chi connectivity index (χ3n) is 3.10. The quantitative estimate of drug-likeness (QED) is 0.601. The Kier molecular flexibility index (Phi) is 6.55. The van der Waals surface area contributed by atoms with Crippen LogP contribution in [0.2, 0.25) is 0 Å². The van der Waals surface area contributed by atoms with E-state index in [0.29, 0.717) is 5.56 Å². The fraction of sp³-hybridized carbons (Fsp3) is 0.167. The molecule has 2 aromatic rings. The topological polar surface area (TPSA) is 110 Å². The number of rotatable bonds is 6. The number of nitrogens with zero attached hydrogens (tertiary/aromatic N) is 2. The molecule has 0 aliphatic rings. The molecule has 1 aromatic heterocycles. The van der Waals surface area contributed by atoms with Gasteiger partial charge in [-0.1, -0.05) is 30.3 Å². The Morgan fingerprint density at radius 1 is 1.08 bits per heavy atom. The van der Waals surface area contributed by atoms with Gasteiger partial charge in [0.05, 0.1) is 0 Å². The monoisotopic (exact) mass is 354 g/mol. The number of benzene rings is 1. The molecule has 2 rings (SSSR count). The number of hydrogen-bond donors (Lipinski definition) is 2. The number of carbonyl (C=O) groups is 3. The predicted molar refractivity (Wildman–Crippen MR) is 94.5 cm³/mol. The van der Waals surface area contributed by atoms with Gasteiger partial charge in [-0.25, -0.2) is 14.8 Å². The van der Waals surface area contributed by atoms with Crippen molar-refractivity contribution in [1.82, 2.24) is 15.3 Å². The SMILES string of the molecule is CC(=O)N/C(=C\c1ccccc1)C(=O)OC(C)C(=O)Nc1ncccn1. The van der Waals surface area contributed by atoms with Gasteiger partial charge in [0, 0.05) is 19.3 Å². The van der Waals surface area contributed by atoms with Crippen molar-refractivity contribution in [2.24, 2.45) is 0 Å². The van der Waals surface area contributed by atoms with Gasteiger partial charge in [0.15, 0.2) is 6.10 Å². The van der Waals surface area contributed by atoms with Crippen LogP contribution in [0.25, 0.3) is 6.08 Å². The Labute approximate surface area is 150 Å². The molecule has 1 unspecified atom stereocenters. The molecular weight excluding hydrogens is 336 g/mol. The first-order valence-corrected chi connectivity index (χ1v) is 7.79. The number of ether oxygens (including phenoxy) is 1. The maximum Gasteiger partial charge on any atom is 0.355 e. The van der Waals surface area contributed by atoms with E-state index in [-0.39, 0.29) is 11.6 Å². The van der Waals surface area contributed by atoms with Crippen LogP contribution in [0.1, 0.15) is 19.4 Å². The number of hydrogen-bond acceptors (Lipinski definition) is 6. The molecule has 0 spiro atoms. The first kappa shape index (κ1) is 18.8. The number of carbonyl (C=O) groups excluding carboxylic acids is 3. The molecule has 0 fully saturated rings. The summed E-state index contributed by atoms with van der Waals surface area (Å²) < 4.78 is 5.13. The van der Waals surface area contributed by atoms with Crippen molar-refractivity contribution in [3.8, 4) is 0 Å². The summed E-state index contributed by atoms with van der Waals surface area (Å²) in [5.74, 6) is -1.76. The van der Waals surface area contributed by atoms with Crippen molar-refractivity contribution in [2.45, 2.75) is 20.0 Å². The van der Waals surface area contributed by atoms with Gasteiger partial charge < -0.3 is 10.1 Å². The van der Waals surface area contributed by atoms with Crippen molar-refractivity contribution in [2.75, 3.05) is 5.32 Å². The first-order chi connectivity index (χ1) is 12.5. The highest BCUT2D eigenvalue weighted by Crippen LogP contribution is 2.08. The van der Waals surface area contributed by atoms with Gasteiger partial charge in [-0.2, -0.15) is 0 Å². The van der Waals surface area contributed by atoms with E-state index in [1.165, 1.54) is 32.3 Å². The van der Waals surface area contributed by atoms with Crippen molar-refractivity contribution in [3.63, 3.8) is 0 Å². The summed E-state index contributed by atoms with van der Waals surface area (Å²) in [6, 6.07) is 10.5. The fourth-order valence-corrected chi connectivity index (χ4v) is 1.90. The summed E-state index contributed by atoms with van der Waals surface area (Å²) in [4.78, 5) is 43.5. The Bertz CT molecular complexity index is 806. The molecule has 0 bridgehead atoms. The Morgan fingerprint density at radius 3 is 2.35 bits per heavy atom. The standard InChI is InChI=1S/C18H18N4O4/c1-12(16(24)22-18-19-9-6-10-20-18)26-17(25)15(21-13(2)23)11-14-7-4-3-5-8-14/h3-12H,1-2H3,(H,21,23)(H,19,20,22,24)/b15-11-. The fourth-order valence-electron chi connectivity index (χ4n) is 1.90. The van der Waals surface area contributed by atoms with Gasteiger partial charge in [-0.15, -0.1) is 0 Å². The maximum absolute atomic E-state index is 12.3. The molecule has 8 nitrogen and oxygen atoms in total. The lowest BCUT2D eigenvalue weighted by atomic mass is 10.2. The molecule has 1 aromatic carbocycles. The van der Waals surface area contributed by atoms with E-state index in [9.17, 15) is 14.4 Å². The number of esters is 1. The number of amides is 2. The minimum absolute atomic E-state index is 0.0701. The van der Waals surface area contributed by atoms with E-state index < -0.39 is 23.9 Å². The molecular formula is C18H18N4O4. The average Bonchev–Trinajstić information content (AvgIpc) is 2.62.